The summed E-state index contributed by atoms with van der Waals surface area (Å²) in [6, 6.07) is 10.8. The van der Waals surface area contributed by atoms with Gasteiger partial charge < -0.3 is 10.1 Å². The van der Waals surface area contributed by atoms with E-state index in [1.54, 1.807) is 35.3 Å². The number of anilines is 1. The summed E-state index contributed by atoms with van der Waals surface area (Å²) in [6.45, 7) is 0.924. The van der Waals surface area contributed by atoms with E-state index < -0.39 is 17.6 Å². The second-order valence-corrected chi connectivity index (χ2v) is 5.56. The number of carbonyl (C=O) groups is 1. The van der Waals surface area contributed by atoms with Crippen LogP contribution in [0.5, 0.6) is 5.75 Å². The van der Waals surface area contributed by atoms with Crippen LogP contribution in [0, 0.1) is 0 Å². The minimum atomic E-state index is -4.50. The molecule has 1 N–H and O–H groups in total. The van der Waals surface area contributed by atoms with Crippen molar-refractivity contribution in [2.75, 3.05) is 11.9 Å². The van der Waals surface area contributed by atoms with Gasteiger partial charge in [-0.3, -0.25) is 4.79 Å². The third kappa shape index (κ3) is 5.06. The number of aromatic nitrogens is 3. The van der Waals surface area contributed by atoms with Crippen LogP contribution < -0.4 is 10.1 Å². The number of halogens is 3. The van der Waals surface area contributed by atoms with Gasteiger partial charge in [-0.15, -0.1) is 0 Å². The highest BCUT2D eigenvalue weighted by molar-refractivity contribution is 6.04. The van der Waals surface area contributed by atoms with Crippen molar-refractivity contribution >= 4 is 11.6 Å². The molecule has 6 nitrogen and oxygen atoms in total. The van der Waals surface area contributed by atoms with Gasteiger partial charge in [0.05, 0.1) is 12.1 Å². The number of nitrogens with zero attached hydrogens (tertiary/aromatic N) is 3. The molecule has 140 valence electrons. The lowest BCUT2D eigenvalue weighted by molar-refractivity contribution is -0.137. The molecular formula is C18H15F3N4O2. The molecule has 0 atom stereocenters. The molecule has 0 aliphatic rings. The maximum Gasteiger partial charge on any atom is 0.416 e. The van der Waals surface area contributed by atoms with Gasteiger partial charge in [0, 0.05) is 11.3 Å². The smallest absolute Gasteiger partial charge is 0.416 e. The zero-order valence-corrected chi connectivity index (χ0v) is 14.0. The van der Waals surface area contributed by atoms with Crippen molar-refractivity contribution in [2.45, 2.75) is 12.7 Å². The maximum atomic E-state index is 12.7. The third-order valence-electron chi connectivity index (χ3n) is 3.62. The van der Waals surface area contributed by atoms with Crippen molar-refractivity contribution in [3.63, 3.8) is 0 Å². The highest BCUT2D eigenvalue weighted by Gasteiger charge is 2.30. The molecule has 2 aromatic carbocycles. The standard InChI is InChI=1S/C18H15F3N4O2/c19-18(20,21)14-3-1-2-13(10-14)17(26)24-15-4-6-16(7-5-15)27-9-8-25-12-22-11-23-25/h1-7,10-12H,8-9H2,(H,24,26). The zero-order valence-electron chi connectivity index (χ0n) is 14.0. The second kappa shape index (κ2) is 7.90. The molecule has 3 rings (SSSR count). The molecular weight excluding hydrogens is 361 g/mol. The molecule has 0 radical (unpaired) electrons. The predicted molar refractivity (Wildman–Crippen MR) is 91.4 cm³/mol. The van der Waals surface area contributed by atoms with Crippen LogP contribution >= 0.6 is 0 Å². The normalized spacial score (nSPS) is 11.2. The van der Waals surface area contributed by atoms with Gasteiger partial charge >= 0.3 is 6.18 Å². The number of nitrogens with one attached hydrogen (secondary N) is 1. The highest BCUT2D eigenvalue weighted by atomic mass is 19.4. The summed E-state index contributed by atoms with van der Waals surface area (Å²) in [4.78, 5) is 16.0. The quantitative estimate of drug-likeness (QED) is 0.713. The average Bonchev–Trinajstić information content (AvgIpc) is 3.16. The van der Waals surface area contributed by atoms with Crippen LogP contribution in [0.2, 0.25) is 0 Å². The van der Waals surface area contributed by atoms with Crippen molar-refractivity contribution in [3.05, 3.63) is 72.3 Å². The Labute approximate surface area is 152 Å². The second-order valence-electron chi connectivity index (χ2n) is 5.56. The average molecular weight is 376 g/mol. The summed E-state index contributed by atoms with van der Waals surface area (Å²) in [7, 11) is 0. The Bertz CT molecular complexity index is 894. The third-order valence-corrected chi connectivity index (χ3v) is 3.62. The van der Waals surface area contributed by atoms with Crippen molar-refractivity contribution < 1.29 is 22.7 Å². The van der Waals surface area contributed by atoms with Gasteiger partial charge in [-0.05, 0) is 42.5 Å². The number of alkyl halides is 3. The number of hydrogen-bond donors (Lipinski definition) is 1. The molecule has 0 unspecified atom stereocenters. The topological polar surface area (TPSA) is 69.0 Å². The van der Waals surface area contributed by atoms with Crippen LogP contribution in [0.25, 0.3) is 0 Å². The Kier molecular flexibility index (Phi) is 5.39. The van der Waals surface area contributed by atoms with E-state index in [9.17, 15) is 18.0 Å². The number of rotatable bonds is 6. The Morgan fingerprint density at radius 3 is 2.59 bits per heavy atom. The van der Waals surface area contributed by atoms with Crippen LogP contribution in [0.15, 0.2) is 61.2 Å². The Balaban J connectivity index is 1.57. The number of amides is 1. The minimum Gasteiger partial charge on any atom is -0.492 e. The summed E-state index contributed by atoms with van der Waals surface area (Å²) >= 11 is 0. The fourth-order valence-corrected chi connectivity index (χ4v) is 2.28. The molecule has 1 amide bonds. The molecule has 0 aliphatic carbocycles. The van der Waals surface area contributed by atoms with Crippen LogP contribution in [0.4, 0.5) is 18.9 Å². The maximum absolute atomic E-state index is 12.7. The van der Waals surface area contributed by atoms with Crippen LogP contribution in [-0.4, -0.2) is 27.3 Å². The first-order valence-corrected chi connectivity index (χ1v) is 7.96. The van der Waals surface area contributed by atoms with Gasteiger partial charge in [-0.1, -0.05) is 6.07 Å². The van der Waals surface area contributed by atoms with Crippen LogP contribution in [0.1, 0.15) is 15.9 Å². The van der Waals surface area contributed by atoms with Gasteiger partial charge in [0.2, 0.25) is 0 Å². The molecule has 0 saturated carbocycles. The lowest BCUT2D eigenvalue weighted by Crippen LogP contribution is -2.14. The fourth-order valence-electron chi connectivity index (χ4n) is 2.28. The number of benzene rings is 2. The molecule has 0 bridgehead atoms. The Hall–Kier alpha value is -3.36. The first-order chi connectivity index (χ1) is 12.9. The highest BCUT2D eigenvalue weighted by Crippen LogP contribution is 2.29. The van der Waals surface area contributed by atoms with Gasteiger partial charge in [-0.2, -0.15) is 18.3 Å². The molecule has 0 aliphatic heterocycles. The summed E-state index contributed by atoms with van der Waals surface area (Å²) in [5, 5.41) is 6.51. The van der Waals surface area contributed by atoms with E-state index in [-0.39, 0.29) is 5.56 Å². The summed E-state index contributed by atoms with van der Waals surface area (Å²) < 4.78 is 45.4. The number of hydrogen-bond acceptors (Lipinski definition) is 4. The van der Waals surface area contributed by atoms with Gasteiger partial charge in [0.15, 0.2) is 0 Å². The first-order valence-electron chi connectivity index (χ1n) is 7.96. The van der Waals surface area contributed by atoms with E-state index in [1.165, 1.54) is 18.5 Å². The first kappa shape index (κ1) is 18.4. The summed E-state index contributed by atoms with van der Waals surface area (Å²) in [6.07, 6.45) is -1.49. The lowest BCUT2D eigenvalue weighted by Gasteiger charge is -2.10. The zero-order chi connectivity index (χ0) is 19.3. The van der Waals surface area contributed by atoms with Crippen molar-refractivity contribution in [3.8, 4) is 5.75 Å². The summed E-state index contributed by atoms with van der Waals surface area (Å²) in [5.74, 6) is -0.0341. The van der Waals surface area contributed by atoms with Gasteiger partial charge in [0.1, 0.15) is 25.0 Å². The molecule has 3 aromatic rings. The largest absolute Gasteiger partial charge is 0.492 e. The fraction of sp³-hybridized carbons (Fsp3) is 0.167. The van der Waals surface area contributed by atoms with Crippen molar-refractivity contribution in [2.24, 2.45) is 0 Å². The van der Waals surface area contributed by atoms with E-state index in [2.05, 4.69) is 15.4 Å². The van der Waals surface area contributed by atoms with E-state index in [0.717, 1.165) is 12.1 Å². The number of carbonyl (C=O) groups excluding carboxylic acids is 1. The van der Waals surface area contributed by atoms with Crippen molar-refractivity contribution in [1.82, 2.24) is 14.8 Å². The predicted octanol–water partition coefficient (Wildman–Crippen LogP) is 3.63. The van der Waals surface area contributed by atoms with Gasteiger partial charge in [0.25, 0.3) is 5.91 Å². The van der Waals surface area contributed by atoms with Crippen molar-refractivity contribution in [1.29, 1.82) is 0 Å². The van der Waals surface area contributed by atoms with E-state index in [4.69, 9.17) is 4.74 Å². The molecule has 0 fully saturated rings. The SMILES string of the molecule is O=C(Nc1ccc(OCCn2cncn2)cc1)c1cccc(C(F)(F)F)c1. The minimum absolute atomic E-state index is 0.0713. The van der Waals surface area contributed by atoms with E-state index >= 15 is 0 Å². The molecule has 9 heteroatoms. The number of ether oxygens (including phenoxy) is 1. The molecule has 1 aromatic heterocycles. The Morgan fingerprint density at radius 1 is 1.15 bits per heavy atom. The van der Waals surface area contributed by atoms with E-state index in [0.29, 0.717) is 24.6 Å². The molecule has 1 heterocycles. The monoisotopic (exact) mass is 376 g/mol. The molecule has 0 spiro atoms. The summed E-state index contributed by atoms with van der Waals surface area (Å²) in [5.41, 5.74) is -0.495. The van der Waals surface area contributed by atoms with Crippen LogP contribution in [-0.2, 0) is 12.7 Å². The Morgan fingerprint density at radius 2 is 1.93 bits per heavy atom. The van der Waals surface area contributed by atoms with Gasteiger partial charge in [-0.25, -0.2) is 9.67 Å². The van der Waals surface area contributed by atoms with E-state index in [1.807, 2.05) is 0 Å². The molecule has 0 saturated heterocycles. The van der Waals surface area contributed by atoms with Crippen LogP contribution in [0.3, 0.4) is 0 Å². The molecule has 27 heavy (non-hydrogen) atoms. The lowest BCUT2D eigenvalue weighted by atomic mass is 10.1.